The molecule has 100 valence electrons. The average Bonchev–Trinajstić information content (AvgIpc) is 2.68. The third-order valence-corrected chi connectivity index (χ3v) is 2.90. The van der Waals surface area contributed by atoms with Gasteiger partial charge in [-0.05, 0) is 18.6 Å². The van der Waals surface area contributed by atoms with Gasteiger partial charge in [0.25, 0.3) is 5.91 Å². The zero-order valence-electron chi connectivity index (χ0n) is 10.4. The van der Waals surface area contributed by atoms with E-state index in [0.717, 1.165) is 12.1 Å². The third-order valence-electron chi connectivity index (χ3n) is 2.51. The maximum Gasteiger partial charge on any atom is 0.255 e. The molecule has 0 aliphatic heterocycles. The number of nitrogens with zero attached hydrogens (tertiary/aromatic N) is 3. The summed E-state index contributed by atoms with van der Waals surface area (Å²) in [6.45, 7) is 1.97. The summed E-state index contributed by atoms with van der Waals surface area (Å²) in [6, 6.07) is 2.93. The lowest BCUT2D eigenvalue weighted by atomic mass is 10.2. The van der Waals surface area contributed by atoms with Crippen molar-refractivity contribution in [1.82, 2.24) is 14.8 Å². The smallest absolute Gasteiger partial charge is 0.255 e. The van der Waals surface area contributed by atoms with Crippen LogP contribution in [0.2, 0.25) is 10.3 Å². The number of halogens is 2. The quantitative estimate of drug-likeness (QED) is 0.886. The molecule has 0 radical (unpaired) electrons. The highest BCUT2D eigenvalue weighted by atomic mass is 35.5. The van der Waals surface area contributed by atoms with Crippen LogP contribution in [0.25, 0.3) is 0 Å². The van der Waals surface area contributed by atoms with Gasteiger partial charge in [-0.15, -0.1) is 0 Å². The van der Waals surface area contributed by atoms with Crippen LogP contribution in [0.3, 0.4) is 0 Å². The van der Waals surface area contributed by atoms with E-state index in [1.807, 2.05) is 6.92 Å². The molecule has 0 spiro atoms. The number of hydrogen-bond donors (Lipinski definition) is 1. The first kappa shape index (κ1) is 13.8. The fourth-order valence-electron chi connectivity index (χ4n) is 1.69. The Morgan fingerprint density at radius 3 is 2.58 bits per heavy atom. The predicted octanol–water partition coefficient (Wildman–Crippen LogP) is 2.94. The molecule has 0 aliphatic rings. The van der Waals surface area contributed by atoms with Crippen LogP contribution in [0.4, 0.5) is 5.69 Å². The largest absolute Gasteiger partial charge is 0.319 e. The molecule has 5 nitrogen and oxygen atoms in total. The van der Waals surface area contributed by atoms with E-state index in [4.69, 9.17) is 23.2 Å². The summed E-state index contributed by atoms with van der Waals surface area (Å²) in [5, 5.41) is 7.39. The normalized spacial score (nSPS) is 10.5. The molecule has 2 aromatic rings. The van der Waals surface area contributed by atoms with Crippen molar-refractivity contribution in [2.45, 2.75) is 13.3 Å². The number of hydrogen-bond acceptors (Lipinski definition) is 3. The van der Waals surface area contributed by atoms with Crippen molar-refractivity contribution < 1.29 is 4.79 Å². The lowest BCUT2D eigenvalue weighted by Gasteiger charge is -2.05. The average molecular weight is 299 g/mol. The number of nitrogens with one attached hydrogen (secondary N) is 1. The van der Waals surface area contributed by atoms with Gasteiger partial charge in [0, 0.05) is 18.8 Å². The van der Waals surface area contributed by atoms with Crippen LogP contribution < -0.4 is 5.32 Å². The van der Waals surface area contributed by atoms with Gasteiger partial charge in [0.1, 0.15) is 10.3 Å². The standard InChI is InChI=1S/C12H12Cl2N4O/c1-3-8-9(6-18(2)17-8)15-12(19)7-4-10(13)16-11(14)5-7/h4-6H,3H2,1-2H3,(H,15,19). The summed E-state index contributed by atoms with van der Waals surface area (Å²) in [7, 11) is 1.80. The molecule has 2 rings (SSSR count). The zero-order chi connectivity index (χ0) is 14.0. The van der Waals surface area contributed by atoms with Crippen LogP contribution in [0.15, 0.2) is 18.3 Å². The third kappa shape index (κ3) is 3.24. The second-order valence-corrected chi connectivity index (χ2v) is 4.75. The van der Waals surface area contributed by atoms with E-state index in [0.29, 0.717) is 11.3 Å². The maximum atomic E-state index is 12.1. The zero-order valence-corrected chi connectivity index (χ0v) is 12.0. The highest BCUT2D eigenvalue weighted by Crippen LogP contribution is 2.18. The molecular formula is C12H12Cl2N4O. The van der Waals surface area contributed by atoms with Crippen molar-refractivity contribution in [3.05, 3.63) is 39.9 Å². The van der Waals surface area contributed by atoms with E-state index in [1.165, 1.54) is 12.1 Å². The van der Waals surface area contributed by atoms with Gasteiger partial charge in [-0.3, -0.25) is 9.48 Å². The number of carbonyl (C=O) groups is 1. The van der Waals surface area contributed by atoms with Gasteiger partial charge in [-0.25, -0.2) is 4.98 Å². The predicted molar refractivity (Wildman–Crippen MR) is 74.8 cm³/mol. The molecule has 0 aliphatic carbocycles. The van der Waals surface area contributed by atoms with Crippen LogP contribution in [0.1, 0.15) is 23.0 Å². The molecule has 0 unspecified atom stereocenters. The molecule has 0 bridgehead atoms. The summed E-state index contributed by atoms with van der Waals surface area (Å²) in [5.41, 5.74) is 1.86. The van der Waals surface area contributed by atoms with E-state index >= 15 is 0 Å². The van der Waals surface area contributed by atoms with Gasteiger partial charge in [-0.2, -0.15) is 5.10 Å². The van der Waals surface area contributed by atoms with Gasteiger partial charge in [0.2, 0.25) is 0 Å². The summed E-state index contributed by atoms with van der Waals surface area (Å²) < 4.78 is 1.65. The van der Waals surface area contributed by atoms with Gasteiger partial charge < -0.3 is 5.32 Å². The maximum absolute atomic E-state index is 12.1. The Bertz CT molecular complexity index is 604. The Kier molecular flexibility index (Phi) is 4.07. The highest BCUT2D eigenvalue weighted by Gasteiger charge is 2.13. The van der Waals surface area contributed by atoms with E-state index in [-0.39, 0.29) is 16.2 Å². The van der Waals surface area contributed by atoms with Crippen LogP contribution >= 0.6 is 23.2 Å². The second-order valence-electron chi connectivity index (χ2n) is 3.97. The second kappa shape index (κ2) is 5.59. The van der Waals surface area contributed by atoms with E-state index < -0.39 is 0 Å². The molecule has 0 saturated carbocycles. The number of anilines is 1. The Hall–Kier alpha value is -1.59. The summed E-state index contributed by atoms with van der Waals surface area (Å²) in [4.78, 5) is 15.9. The summed E-state index contributed by atoms with van der Waals surface area (Å²) in [5.74, 6) is -0.297. The Morgan fingerprint density at radius 2 is 2.00 bits per heavy atom. The van der Waals surface area contributed by atoms with E-state index in [2.05, 4.69) is 15.4 Å². The summed E-state index contributed by atoms with van der Waals surface area (Å²) >= 11 is 11.5. The van der Waals surface area contributed by atoms with Crippen molar-refractivity contribution in [1.29, 1.82) is 0 Å². The SMILES string of the molecule is CCc1nn(C)cc1NC(=O)c1cc(Cl)nc(Cl)c1. The minimum Gasteiger partial charge on any atom is -0.319 e. The first-order valence-corrected chi connectivity index (χ1v) is 6.42. The van der Waals surface area contributed by atoms with Gasteiger partial charge >= 0.3 is 0 Å². The van der Waals surface area contributed by atoms with E-state index in [1.54, 1.807) is 17.9 Å². The highest BCUT2D eigenvalue weighted by molar-refractivity contribution is 6.33. The molecule has 2 heterocycles. The molecule has 1 N–H and O–H groups in total. The molecule has 19 heavy (non-hydrogen) atoms. The molecule has 0 fully saturated rings. The Balaban J connectivity index is 2.25. The molecule has 1 amide bonds. The number of carbonyl (C=O) groups excluding carboxylic acids is 1. The van der Waals surface area contributed by atoms with Crippen LogP contribution in [0.5, 0.6) is 0 Å². The first-order valence-electron chi connectivity index (χ1n) is 5.66. The van der Waals surface area contributed by atoms with Crippen molar-refractivity contribution in [2.75, 3.05) is 5.32 Å². The first-order chi connectivity index (χ1) is 8.99. The number of rotatable bonds is 3. The van der Waals surface area contributed by atoms with E-state index in [9.17, 15) is 4.79 Å². The van der Waals surface area contributed by atoms with Gasteiger partial charge in [0.15, 0.2) is 0 Å². The molecule has 0 aromatic carbocycles. The van der Waals surface area contributed by atoms with Crippen LogP contribution in [-0.4, -0.2) is 20.7 Å². The number of aromatic nitrogens is 3. The topological polar surface area (TPSA) is 59.8 Å². The van der Waals surface area contributed by atoms with Crippen LogP contribution in [-0.2, 0) is 13.5 Å². The van der Waals surface area contributed by atoms with Crippen molar-refractivity contribution in [3.63, 3.8) is 0 Å². The fourth-order valence-corrected chi connectivity index (χ4v) is 2.15. The van der Waals surface area contributed by atoms with Gasteiger partial charge in [-0.1, -0.05) is 30.1 Å². The molecule has 7 heteroatoms. The molecular weight excluding hydrogens is 287 g/mol. The fraction of sp³-hybridized carbons (Fsp3) is 0.250. The van der Waals surface area contributed by atoms with Crippen molar-refractivity contribution in [2.24, 2.45) is 7.05 Å². The lowest BCUT2D eigenvalue weighted by molar-refractivity contribution is 0.102. The summed E-state index contributed by atoms with van der Waals surface area (Å²) in [6.07, 6.45) is 2.48. The molecule has 2 aromatic heterocycles. The molecule has 0 saturated heterocycles. The molecule has 0 atom stereocenters. The minimum atomic E-state index is -0.297. The minimum absolute atomic E-state index is 0.180. The van der Waals surface area contributed by atoms with Gasteiger partial charge in [0.05, 0.1) is 11.4 Å². The Labute approximate surface area is 120 Å². The van der Waals surface area contributed by atoms with Crippen LogP contribution in [0, 0.1) is 0 Å². The number of aryl methyl sites for hydroxylation is 2. The Morgan fingerprint density at radius 1 is 1.37 bits per heavy atom. The number of amides is 1. The lowest BCUT2D eigenvalue weighted by Crippen LogP contribution is -2.12. The van der Waals surface area contributed by atoms with Crippen molar-refractivity contribution in [3.8, 4) is 0 Å². The van der Waals surface area contributed by atoms with Crippen molar-refractivity contribution >= 4 is 34.8 Å². The number of pyridine rings is 1. The monoisotopic (exact) mass is 298 g/mol.